The number of benzene rings is 3. The number of rotatable bonds is 36. The van der Waals surface area contributed by atoms with Crippen LogP contribution in [0.4, 0.5) is 0 Å². The summed E-state index contributed by atoms with van der Waals surface area (Å²) in [4.78, 5) is 167. The number of fused-ring (bicyclic) bond motifs is 1. The maximum Gasteiger partial charge on any atom is 0.326 e. The zero-order valence-corrected chi connectivity index (χ0v) is 49.4. The van der Waals surface area contributed by atoms with Crippen LogP contribution in [0.5, 0.6) is 5.75 Å². The van der Waals surface area contributed by atoms with Crippen LogP contribution in [-0.2, 0) is 76.8 Å². The summed E-state index contributed by atoms with van der Waals surface area (Å²) in [7, 11) is 0. The minimum Gasteiger partial charge on any atom is -0.508 e. The fourth-order valence-corrected chi connectivity index (χ4v) is 8.89. The van der Waals surface area contributed by atoms with Gasteiger partial charge in [-0.3, -0.25) is 57.7 Å². The molecule has 0 spiro atoms. The molecule has 1 aromatic heterocycles. The van der Waals surface area contributed by atoms with Crippen LogP contribution in [0.3, 0.4) is 0 Å². The Kier molecular flexibility index (Phi) is 27.9. The van der Waals surface area contributed by atoms with Crippen LogP contribution in [0.1, 0.15) is 76.5 Å². The Labute approximate surface area is 511 Å². The number of carboxylic acids is 2. The van der Waals surface area contributed by atoms with E-state index in [9.17, 15) is 78.0 Å². The number of hydrogen-bond acceptors (Lipinski definition) is 16. The maximum atomic E-state index is 14.2. The fourth-order valence-electron chi connectivity index (χ4n) is 8.89. The largest absolute Gasteiger partial charge is 0.508 e. The molecule has 0 aliphatic rings. The Morgan fingerprint density at radius 1 is 0.528 bits per heavy atom. The number of nitrogens with one attached hydrogen (secondary N) is 10. The first-order valence-electron chi connectivity index (χ1n) is 28.3. The minimum atomic E-state index is -1.94. The number of para-hydroxylation sites is 1. The number of aromatic amines is 1. The van der Waals surface area contributed by atoms with Gasteiger partial charge >= 0.3 is 11.9 Å². The molecule has 0 saturated heterocycles. The number of phenolic OH excluding ortho intramolecular Hbond substituents is 1. The predicted molar refractivity (Wildman–Crippen MR) is 321 cm³/mol. The second-order valence-corrected chi connectivity index (χ2v) is 21.4. The van der Waals surface area contributed by atoms with Gasteiger partial charge in [-0.05, 0) is 80.3 Å². The summed E-state index contributed by atoms with van der Waals surface area (Å²) in [5.41, 5.74) is 25.1. The number of nitrogens with two attached hydrogens (primary N) is 4. The summed E-state index contributed by atoms with van der Waals surface area (Å²) in [5, 5.41) is 61.6. The molecule has 31 heteroatoms. The minimum absolute atomic E-state index is 0.0437. The Hall–Kier alpha value is -10.2. The SMILES string of the molecule is CC(C)[C@H](NC(=O)[C@@H](Cc1ccccc1)NC(=O)[C@@H](C)NC(=O)[C@@H](C)NC(=O)[C@@H](CCC(N)=O)NC(=O)[C@H](CCCN=C(N)N)NC(=O)[C@H](N)Cc1c[nH]c2ccccc12)C(=O)N[C@@H](CC(=O)O)C(=O)N[C@H](CO)C(=O)N[C@@H](Cc1ccc(O)cc1)C(=O)O. The van der Waals surface area contributed by atoms with E-state index in [-0.39, 0.29) is 56.8 Å². The number of H-pyrrole nitrogens is 1. The van der Waals surface area contributed by atoms with Crippen molar-refractivity contribution in [1.82, 2.24) is 52.8 Å². The highest BCUT2D eigenvalue weighted by Crippen LogP contribution is 2.19. The Balaban J connectivity index is 1.44. The summed E-state index contributed by atoms with van der Waals surface area (Å²) >= 11 is 0. The lowest BCUT2D eigenvalue weighted by molar-refractivity contribution is -0.143. The standard InChI is InChI=1S/C58H79N15O16/c1-29(2)47(56(87)70-42(26-46(77)78)53(84)72-44(28-74)55(86)71-43(57(88)89)24-33-16-18-35(75)19-17-33)73-54(85)41(23-32-11-6-5-7-12-32)69-49(80)31(4)65-48(79)30(3)66-51(82)40(20-21-45(60)76)68-52(83)39(15-10-22-63-58(61)62)67-50(81)37(59)25-34-27-64-38-14-9-8-13-36(34)38/h5-9,11-14,16-19,27,29-31,37,39-44,47,64,74-75H,10,15,20-26,28,59H2,1-4H3,(H2,60,76)(H,65,79)(H,66,82)(H,67,81)(H,68,83)(H,69,80)(H,70,87)(H,71,86)(H,72,84)(H,73,85)(H,77,78)(H,88,89)(H4,61,62,63)/t30-,31-,37-,39+,40-,41-,42+,43+,44-,47+/m1/s1. The van der Waals surface area contributed by atoms with E-state index in [2.05, 4.69) is 57.8 Å². The van der Waals surface area contributed by atoms with Gasteiger partial charge in [0.15, 0.2) is 5.96 Å². The van der Waals surface area contributed by atoms with E-state index < -0.39 is 157 Å². The molecule has 0 unspecified atom stereocenters. The Morgan fingerprint density at radius 3 is 1.63 bits per heavy atom. The van der Waals surface area contributed by atoms with Crippen molar-refractivity contribution in [3.05, 3.63) is 102 Å². The van der Waals surface area contributed by atoms with E-state index in [4.69, 9.17) is 22.9 Å². The number of carbonyl (C=O) groups excluding carboxylic acids is 10. The van der Waals surface area contributed by atoms with E-state index in [1.165, 1.54) is 52.0 Å². The first-order valence-corrected chi connectivity index (χ1v) is 28.3. The topological polar surface area (TPSA) is 526 Å². The van der Waals surface area contributed by atoms with Gasteiger partial charge in [-0.25, -0.2) is 4.79 Å². The van der Waals surface area contributed by atoms with Crippen LogP contribution in [0.25, 0.3) is 10.9 Å². The van der Waals surface area contributed by atoms with Crippen molar-refractivity contribution < 1.29 is 78.0 Å². The van der Waals surface area contributed by atoms with Crippen molar-refractivity contribution in [2.24, 2.45) is 33.8 Å². The number of phenols is 1. The van der Waals surface area contributed by atoms with E-state index in [0.29, 0.717) is 11.1 Å². The zero-order chi connectivity index (χ0) is 66.1. The summed E-state index contributed by atoms with van der Waals surface area (Å²) in [5.74, 6) is -14.0. The number of primary amides is 1. The quantitative estimate of drug-likeness (QED) is 0.0118. The number of hydrogen-bond donors (Lipinski definition) is 18. The first-order chi connectivity index (χ1) is 42.1. The van der Waals surface area contributed by atoms with Gasteiger partial charge in [0.2, 0.25) is 59.1 Å². The van der Waals surface area contributed by atoms with Gasteiger partial charge in [0.25, 0.3) is 0 Å². The van der Waals surface area contributed by atoms with Gasteiger partial charge < -0.3 is 96.2 Å². The molecular formula is C58H79N15O16. The van der Waals surface area contributed by atoms with Crippen LogP contribution in [-0.4, -0.2) is 176 Å². The number of aliphatic carboxylic acids is 2. The molecule has 4 rings (SSSR count). The second-order valence-electron chi connectivity index (χ2n) is 21.4. The zero-order valence-electron chi connectivity index (χ0n) is 49.4. The van der Waals surface area contributed by atoms with Crippen LogP contribution in [0, 0.1) is 5.92 Å². The van der Waals surface area contributed by atoms with Crippen LogP contribution in [0.15, 0.2) is 90.1 Å². The van der Waals surface area contributed by atoms with Crippen LogP contribution in [0.2, 0.25) is 0 Å². The van der Waals surface area contributed by atoms with Gasteiger partial charge in [0.1, 0.15) is 60.1 Å². The van der Waals surface area contributed by atoms with E-state index in [1.807, 2.05) is 24.3 Å². The number of aromatic hydroxyl groups is 1. The number of aliphatic hydroxyl groups is 1. The predicted octanol–water partition coefficient (Wildman–Crippen LogP) is -3.84. The van der Waals surface area contributed by atoms with Gasteiger partial charge in [-0.2, -0.15) is 0 Å². The van der Waals surface area contributed by atoms with Crippen molar-refractivity contribution in [2.75, 3.05) is 13.2 Å². The maximum absolute atomic E-state index is 14.2. The van der Waals surface area contributed by atoms with E-state index in [1.54, 1.807) is 36.5 Å². The molecule has 10 amide bonds. The number of nitrogens with zero attached hydrogens (tertiary/aromatic N) is 1. The summed E-state index contributed by atoms with van der Waals surface area (Å²) < 4.78 is 0. The Bertz CT molecular complexity index is 3170. The van der Waals surface area contributed by atoms with Gasteiger partial charge in [0.05, 0.1) is 19.1 Å². The molecule has 0 saturated carbocycles. The van der Waals surface area contributed by atoms with Crippen LogP contribution >= 0.6 is 0 Å². The molecule has 0 radical (unpaired) electrons. The first kappa shape index (κ1) is 71.3. The highest BCUT2D eigenvalue weighted by atomic mass is 16.4. The Morgan fingerprint density at radius 2 is 1.02 bits per heavy atom. The molecule has 4 aromatic rings. The fraction of sp³-hybridized carbons (Fsp3) is 0.431. The van der Waals surface area contributed by atoms with Crippen molar-refractivity contribution in [3.8, 4) is 5.75 Å². The average molecular weight is 1240 g/mol. The molecule has 10 atom stereocenters. The molecule has 3 aromatic carbocycles. The van der Waals surface area contributed by atoms with Gasteiger partial charge in [-0.1, -0.05) is 74.5 Å². The van der Waals surface area contributed by atoms with Gasteiger partial charge in [-0.15, -0.1) is 0 Å². The van der Waals surface area contributed by atoms with Gasteiger partial charge in [0, 0.05) is 42.9 Å². The summed E-state index contributed by atoms with van der Waals surface area (Å²) in [6.45, 7) is 4.47. The molecular weight excluding hydrogens is 1160 g/mol. The molecule has 89 heavy (non-hydrogen) atoms. The third-order valence-corrected chi connectivity index (χ3v) is 13.8. The normalized spacial score (nSPS) is 14.4. The number of aliphatic hydroxyl groups excluding tert-OH is 1. The third kappa shape index (κ3) is 23.6. The van der Waals surface area contributed by atoms with Crippen molar-refractivity contribution in [2.45, 2.75) is 139 Å². The number of guanidine groups is 1. The lowest BCUT2D eigenvalue weighted by Gasteiger charge is -2.28. The number of aromatic nitrogens is 1. The lowest BCUT2D eigenvalue weighted by atomic mass is 10.00. The highest BCUT2D eigenvalue weighted by Gasteiger charge is 2.36. The van der Waals surface area contributed by atoms with Crippen molar-refractivity contribution in [1.29, 1.82) is 0 Å². The molecule has 31 nitrogen and oxygen atoms in total. The molecule has 0 fully saturated rings. The van der Waals surface area contributed by atoms with E-state index >= 15 is 0 Å². The number of carboxylic acid groups (broad SMARTS) is 2. The third-order valence-electron chi connectivity index (χ3n) is 13.8. The number of amides is 10. The second kappa shape index (κ2) is 34.8. The molecule has 1 heterocycles. The number of carbonyl (C=O) groups is 12. The smallest absolute Gasteiger partial charge is 0.326 e. The molecule has 0 aliphatic carbocycles. The molecule has 482 valence electrons. The molecule has 0 aliphatic heterocycles. The summed E-state index contributed by atoms with van der Waals surface area (Å²) in [6.07, 6.45) is -0.378. The van der Waals surface area contributed by atoms with E-state index in [0.717, 1.165) is 16.5 Å². The monoisotopic (exact) mass is 1240 g/mol. The summed E-state index contributed by atoms with van der Waals surface area (Å²) in [6, 6.07) is 5.81. The van der Waals surface area contributed by atoms with Crippen LogP contribution < -0.4 is 70.8 Å². The number of aliphatic imine (C=N–C) groups is 1. The average Bonchev–Trinajstić information content (AvgIpc) is 2.51. The highest BCUT2D eigenvalue weighted by molar-refractivity contribution is 5.99. The van der Waals surface area contributed by atoms with Crippen molar-refractivity contribution in [3.63, 3.8) is 0 Å². The molecule has 22 N–H and O–H groups in total. The molecule has 0 bridgehead atoms. The lowest BCUT2D eigenvalue weighted by Crippen LogP contribution is -2.61. The van der Waals surface area contributed by atoms with Crippen molar-refractivity contribution >= 4 is 87.9 Å².